The fraction of sp³-hybridized carbons (Fsp3) is 0.846. The highest BCUT2D eigenvalue weighted by molar-refractivity contribution is 5.10. The van der Waals surface area contributed by atoms with Gasteiger partial charge in [0.15, 0.2) is 0 Å². The SMILES string of the molecule is CCCCCC(CC)C(C)=C(C)C. The van der Waals surface area contributed by atoms with Crippen LogP contribution in [-0.4, -0.2) is 0 Å². The van der Waals surface area contributed by atoms with E-state index >= 15 is 0 Å². The molecule has 0 saturated carbocycles. The molecule has 1 unspecified atom stereocenters. The average molecular weight is 182 g/mol. The Morgan fingerprint density at radius 3 is 2.00 bits per heavy atom. The molecule has 0 aliphatic carbocycles. The lowest BCUT2D eigenvalue weighted by Crippen LogP contribution is -2.02. The van der Waals surface area contributed by atoms with Crippen molar-refractivity contribution in [1.29, 1.82) is 0 Å². The molecular formula is C13H26. The lowest BCUT2D eigenvalue weighted by atomic mass is 9.89. The van der Waals surface area contributed by atoms with Gasteiger partial charge in [-0.25, -0.2) is 0 Å². The summed E-state index contributed by atoms with van der Waals surface area (Å²) in [4.78, 5) is 0. The van der Waals surface area contributed by atoms with Crippen LogP contribution in [0.25, 0.3) is 0 Å². The minimum Gasteiger partial charge on any atom is -0.0772 e. The average Bonchev–Trinajstić information content (AvgIpc) is 2.11. The highest BCUT2D eigenvalue weighted by atomic mass is 14.1. The van der Waals surface area contributed by atoms with E-state index in [1.54, 1.807) is 5.57 Å². The van der Waals surface area contributed by atoms with E-state index in [0.717, 1.165) is 5.92 Å². The van der Waals surface area contributed by atoms with Crippen LogP contribution in [0, 0.1) is 5.92 Å². The standard InChI is InChI=1S/C13H26/c1-6-8-9-10-13(7-2)12(5)11(3)4/h13H,6-10H2,1-5H3. The zero-order valence-electron chi connectivity index (χ0n) is 10.1. The first-order valence-corrected chi connectivity index (χ1v) is 5.77. The van der Waals surface area contributed by atoms with Crippen LogP contribution < -0.4 is 0 Å². The second-order valence-electron chi connectivity index (χ2n) is 4.28. The first kappa shape index (κ1) is 12.7. The van der Waals surface area contributed by atoms with Crippen molar-refractivity contribution in [2.45, 2.75) is 66.7 Å². The molecule has 0 rings (SSSR count). The van der Waals surface area contributed by atoms with Crippen LogP contribution in [0.4, 0.5) is 0 Å². The van der Waals surface area contributed by atoms with Crippen molar-refractivity contribution >= 4 is 0 Å². The Balaban J connectivity index is 3.96. The van der Waals surface area contributed by atoms with Crippen LogP contribution in [0.2, 0.25) is 0 Å². The molecule has 0 heterocycles. The van der Waals surface area contributed by atoms with Crippen molar-refractivity contribution in [3.8, 4) is 0 Å². The molecule has 0 N–H and O–H groups in total. The largest absolute Gasteiger partial charge is 0.0772 e. The summed E-state index contributed by atoms with van der Waals surface area (Å²) in [6.07, 6.45) is 6.83. The number of hydrogen-bond acceptors (Lipinski definition) is 0. The number of allylic oxidation sites excluding steroid dienone is 2. The van der Waals surface area contributed by atoms with Gasteiger partial charge in [0, 0.05) is 0 Å². The fourth-order valence-electron chi connectivity index (χ4n) is 1.78. The minimum atomic E-state index is 0.844. The van der Waals surface area contributed by atoms with Crippen LogP contribution >= 0.6 is 0 Å². The smallest absolute Gasteiger partial charge is 0.0206 e. The van der Waals surface area contributed by atoms with Gasteiger partial charge in [0.2, 0.25) is 0 Å². The van der Waals surface area contributed by atoms with Crippen LogP contribution in [0.1, 0.15) is 66.7 Å². The monoisotopic (exact) mass is 182 g/mol. The maximum atomic E-state index is 2.31. The second kappa shape index (κ2) is 7.17. The fourth-order valence-corrected chi connectivity index (χ4v) is 1.78. The van der Waals surface area contributed by atoms with E-state index in [1.807, 2.05) is 0 Å². The van der Waals surface area contributed by atoms with Gasteiger partial charge in [-0.2, -0.15) is 0 Å². The Kier molecular flexibility index (Phi) is 7.03. The van der Waals surface area contributed by atoms with Gasteiger partial charge < -0.3 is 0 Å². The van der Waals surface area contributed by atoms with Crippen molar-refractivity contribution in [2.24, 2.45) is 5.92 Å². The van der Waals surface area contributed by atoms with Gasteiger partial charge in [0.1, 0.15) is 0 Å². The van der Waals surface area contributed by atoms with Crippen LogP contribution in [0.5, 0.6) is 0 Å². The molecule has 0 aromatic rings. The maximum Gasteiger partial charge on any atom is -0.0206 e. The van der Waals surface area contributed by atoms with E-state index in [0.29, 0.717) is 0 Å². The molecule has 13 heavy (non-hydrogen) atoms. The summed E-state index contributed by atoms with van der Waals surface area (Å²) in [6.45, 7) is 11.4. The molecule has 78 valence electrons. The summed E-state index contributed by atoms with van der Waals surface area (Å²) in [5, 5.41) is 0. The van der Waals surface area contributed by atoms with Crippen molar-refractivity contribution in [2.75, 3.05) is 0 Å². The molecule has 0 amide bonds. The Morgan fingerprint density at radius 1 is 1.00 bits per heavy atom. The van der Waals surface area contributed by atoms with Crippen LogP contribution in [0.15, 0.2) is 11.1 Å². The molecule has 0 aliphatic heterocycles. The van der Waals surface area contributed by atoms with E-state index in [2.05, 4.69) is 34.6 Å². The van der Waals surface area contributed by atoms with Crippen molar-refractivity contribution in [3.05, 3.63) is 11.1 Å². The van der Waals surface area contributed by atoms with Gasteiger partial charge in [-0.3, -0.25) is 0 Å². The number of unbranched alkanes of at least 4 members (excludes halogenated alkanes) is 2. The lowest BCUT2D eigenvalue weighted by molar-refractivity contribution is 0.500. The Bertz CT molecular complexity index is 149. The predicted octanol–water partition coefficient (Wildman–Crippen LogP) is 4.95. The van der Waals surface area contributed by atoms with E-state index < -0.39 is 0 Å². The number of hydrogen-bond donors (Lipinski definition) is 0. The quantitative estimate of drug-likeness (QED) is 0.403. The summed E-state index contributed by atoms with van der Waals surface area (Å²) >= 11 is 0. The summed E-state index contributed by atoms with van der Waals surface area (Å²) < 4.78 is 0. The van der Waals surface area contributed by atoms with Gasteiger partial charge in [-0.15, -0.1) is 0 Å². The van der Waals surface area contributed by atoms with E-state index in [-0.39, 0.29) is 0 Å². The van der Waals surface area contributed by atoms with Gasteiger partial charge in [0.25, 0.3) is 0 Å². The van der Waals surface area contributed by atoms with E-state index in [4.69, 9.17) is 0 Å². The molecule has 0 aromatic heterocycles. The van der Waals surface area contributed by atoms with Crippen molar-refractivity contribution in [3.63, 3.8) is 0 Å². The molecule has 0 saturated heterocycles. The highest BCUT2D eigenvalue weighted by Crippen LogP contribution is 2.23. The van der Waals surface area contributed by atoms with Crippen molar-refractivity contribution in [1.82, 2.24) is 0 Å². The van der Waals surface area contributed by atoms with Gasteiger partial charge in [0.05, 0.1) is 0 Å². The van der Waals surface area contributed by atoms with Gasteiger partial charge >= 0.3 is 0 Å². The van der Waals surface area contributed by atoms with Crippen LogP contribution in [-0.2, 0) is 0 Å². The zero-order valence-corrected chi connectivity index (χ0v) is 10.1. The maximum absolute atomic E-state index is 2.31. The molecule has 0 radical (unpaired) electrons. The molecule has 0 heteroatoms. The second-order valence-corrected chi connectivity index (χ2v) is 4.28. The predicted molar refractivity (Wildman–Crippen MR) is 62.0 cm³/mol. The molecule has 0 spiro atoms. The van der Waals surface area contributed by atoms with Gasteiger partial charge in [-0.05, 0) is 39.5 Å². The highest BCUT2D eigenvalue weighted by Gasteiger charge is 2.08. The molecule has 1 atom stereocenters. The molecule has 0 bridgehead atoms. The summed E-state index contributed by atoms with van der Waals surface area (Å²) in [6, 6.07) is 0. The third-order valence-electron chi connectivity index (χ3n) is 3.05. The van der Waals surface area contributed by atoms with Gasteiger partial charge in [-0.1, -0.05) is 44.3 Å². The van der Waals surface area contributed by atoms with E-state index in [9.17, 15) is 0 Å². The first-order valence-electron chi connectivity index (χ1n) is 5.77. The molecule has 0 aliphatic rings. The minimum absolute atomic E-state index is 0.844. The zero-order chi connectivity index (χ0) is 10.3. The topological polar surface area (TPSA) is 0 Å². The first-order chi connectivity index (χ1) is 6.13. The third kappa shape index (κ3) is 5.13. The molecule has 0 nitrogen and oxygen atoms in total. The summed E-state index contributed by atoms with van der Waals surface area (Å²) in [5.74, 6) is 0.844. The lowest BCUT2D eigenvalue weighted by Gasteiger charge is -2.17. The molecule has 0 fully saturated rings. The normalized spacial score (nSPS) is 12.7. The Morgan fingerprint density at radius 2 is 1.62 bits per heavy atom. The van der Waals surface area contributed by atoms with E-state index in [1.165, 1.54) is 37.7 Å². The summed E-state index contributed by atoms with van der Waals surface area (Å²) in [7, 11) is 0. The Labute approximate surface area is 84.4 Å². The molecule has 0 aromatic carbocycles. The third-order valence-corrected chi connectivity index (χ3v) is 3.05. The molecular weight excluding hydrogens is 156 g/mol. The van der Waals surface area contributed by atoms with Crippen LogP contribution in [0.3, 0.4) is 0 Å². The summed E-state index contributed by atoms with van der Waals surface area (Å²) in [5.41, 5.74) is 3.14. The van der Waals surface area contributed by atoms with Crippen molar-refractivity contribution < 1.29 is 0 Å². The Hall–Kier alpha value is -0.260. The number of rotatable bonds is 6.